The summed E-state index contributed by atoms with van der Waals surface area (Å²) < 4.78 is 0. The van der Waals surface area contributed by atoms with Crippen LogP contribution in [0, 0.1) is 0 Å². The molecule has 0 aliphatic heterocycles. The van der Waals surface area contributed by atoms with E-state index in [1.54, 1.807) is 0 Å². The summed E-state index contributed by atoms with van der Waals surface area (Å²) in [7, 11) is 0. The molecule has 0 spiro atoms. The van der Waals surface area contributed by atoms with Gasteiger partial charge in [0.2, 0.25) is 0 Å². The van der Waals surface area contributed by atoms with Gasteiger partial charge in [-0.25, -0.2) is 0 Å². The third-order valence-corrected chi connectivity index (χ3v) is 14.8. The van der Waals surface area contributed by atoms with E-state index >= 15 is 0 Å². The Morgan fingerprint density at radius 2 is 0.806 bits per heavy atom. The summed E-state index contributed by atoms with van der Waals surface area (Å²) in [6.07, 6.45) is 15.7. The lowest BCUT2D eigenvalue weighted by molar-refractivity contribution is 0.998. The molecule has 2 aliphatic carbocycles. The number of rotatable bonds is 10. The van der Waals surface area contributed by atoms with Crippen molar-refractivity contribution in [3.63, 3.8) is 0 Å². The van der Waals surface area contributed by atoms with Crippen molar-refractivity contribution in [3.8, 4) is 22.3 Å². The minimum Gasteiger partial charge on any atom is -0.310 e. The molecule has 342 valence electrons. The second kappa shape index (κ2) is 18.7. The highest BCUT2D eigenvalue weighted by molar-refractivity contribution is 6.21. The summed E-state index contributed by atoms with van der Waals surface area (Å²) in [6, 6.07) is 87.2. The normalized spacial score (nSPS) is 13.5. The van der Waals surface area contributed by atoms with Gasteiger partial charge < -0.3 is 9.80 Å². The number of fused-ring (bicyclic) bond motifs is 4. The zero-order valence-corrected chi connectivity index (χ0v) is 40.1. The van der Waals surface area contributed by atoms with Crippen LogP contribution in [0.25, 0.3) is 76.5 Å². The van der Waals surface area contributed by atoms with Gasteiger partial charge in [-0.15, -0.1) is 0 Å². The zero-order valence-electron chi connectivity index (χ0n) is 40.1. The molecule has 0 saturated heterocycles. The summed E-state index contributed by atoms with van der Waals surface area (Å²) in [6.45, 7) is 0. The fourth-order valence-corrected chi connectivity index (χ4v) is 11.3. The molecule has 11 aromatic carbocycles. The smallest absolute Gasteiger partial charge is 0.0540 e. The van der Waals surface area contributed by atoms with Gasteiger partial charge in [0, 0.05) is 33.5 Å². The second-order valence-electron chi connectivity index (χ2n) is 19.0. The lowest BCUT2D eigenvalue weighted by atomic mass is 9.82. The first kappa shape index (κ1) is 43.1. The number of para-hydroxylation sites is 1. The zero-order chi connectivity index (χ0) is 47.8. The van der Waals surface area contributed by atoms with Crippen LogP contribution in [0.15, 0.2) is 273 Å². The van der Waals surface area contributed by atoms with Crippen LogP contribution in [-0.2, 0) is 0 Å². The molecule has 0 fully saturated rings. The fraction of sp³-hybridized carbons (Fsp3) is 0.0571. The van der Waals surface area contributed by atoms with Crippen LogP contribution in [0.3, 0.4) is 0 Å². The van der Waals surface area contributed by atoms with E-state index in [2.05, 4.69) is 277 Å². The molecular formula is C70H52N2. The average Bonchev–Trinajstić information content (AvgIpc) is 3.46. The Balaban J connectivity index is 1.11. The number of benzene rings is 11. The minimum absolute atomic E-state index is 0.924. The quantitative estimate of drug-likeness (QED) is 0.126. The van der Waals surface area contributed by atoms with Gasteiger partial charge in [-0.05, 0) is 157 Å². The lowest BCUT2D eigenvalue weighted by Crippen LogP contribution is -2.16. The molecule has 2 heteroatoms. The van der Waals surface area contributed by atoms with E-state index in [0.717, 1.165) is 48.4 Å². The van der Waals surface area contributed by atoms with Crippen molar-refractivity contribution in [1.82, 2.24) is 0 Å². The number of allylic oxidation sites excluding steroid dienone is 7. The first-order chi connectivity index (χ1) is 35.7. The van der Waals surface area contributed by atoms with E-state index in [4.69, 9.17) is 0 Å². The van der Waals surface area contributed by atoms with Gasteiger partial charge in [0.25, 0.3) is 0 Å². The molecule has 2 nitrogen and oxygen atoms in total. The summed E-state index contributed by atoms with van der Waals surface area (Å²) in [5.41, 5.74) is 17.0. The number of nitrogens with zero attached hydrogens (tertiary/aromatic N) is 2. The summed E-state index contributed by atoms with van der Waals surface area (Å²) in [5, 5.41) is 9.82. The highest BCUT2D eigenvalue weighted by Crippen LogP contribution is 2.49. The number of hydrogen-bond donors (Lipinski definition) is 0. The summed E-state index contributed by atoms with van der Waals surface area (Å²) in [5.74, 6) is 0. The third-order valence-electron chi connectivity index (χ3n) is 14.8. The van der Waals surface area contributed by atoms with E-state index in [9.17, 15) is 0 Å². The predicted molar refractivity (Wildman–Crippen MR) is 309 cm³/mol. The summed E-state index contributed by atoms with van der Waals surface area (Å²) in [4.78, 5) is 4.94. The van der Waals surface area contributed by atoms with Crippen LogP contribution in [0.1, 0.15) is 36.8 Å². The Bertz CT molecular complexity index is 3940. The topological polar surface area (TPSA) is 6.48 Å². The van der Waals surface area contributed by atoms with Crippen LogP contribution in [0.2, 0.25) is 0 Å². The maximum atomic E-state index is 2.49. The van der Waals surface area contributed by atoms with E-state index in [-0.39, 0.29) is 0 Å². The maximum Gasteiger partial charge on any atom is 0.0540 e. The molecule has 0 radical (unpaired) electrons. The number of hydrogen-bond acceptors (Lipinski definition) is 2. The van der Waals surface area contributed by atoms with Gasteiger partial charge >= 0.3 is 0 Å². The van der Waals surface area contributed by atoms with Crippen LogP contribution in [0.5, 0.6) is 0 Å². The van der Waals surface area contributed by atoms with E-state index < -0.39 is 0 Å². The molecule has 0 unspecified atom stereocenters. The Labute approximate surface area is 422 Å². The van der Waals surface area contributed by atoms with Crippen molar-refractivity contribution in [3.05, 3.63) is 284 Å². The molecule has 2 aliphatic rings. The van der Waals surface area contributed by atoms with Gasteiger partial charge in [0.05, 0.1) is 11.4 Å². The van der Waals surface area contributed by atoms with Gasteiger partial charge in [-0.1, -0.05) is 212 Å². The first-order valence-electron chi connectivity index (χ1n) is 25.4. The Kier molecular flexibility index (Phi) is 11.2. The van der Waals surface area contributed by atoms with E-state index in [1.807, 2.05) is 0 Å². The first-order valence-corrected chi connectivity index (χ1v) is 25.4. The molecule has 13 rings (SSSR count). The Morgan fingerprint density at radius 1 is 0.306 bits per heavy atom. The largest absolute Gasteiger partial charge is 0.310 e. The van der Waals surface area contributed by atoms with Gasteiger partial charge in [-0.2, -0.15) is 0 Å². The molecule has 0 saturated carbocycles. The SMILES string of the molecule is C1=CC(N(c2ccc3c(C4=CC=C(c5ccccc5)CC4)c4cc(N(c5ccccc5)c5cccc6ccccc56)ccc4c(-c4ccc(-c5ccccc5)cc4)c3c2)c2cccc3ccccc23)=CCC1. The predicted octanol–water partition coefficient (Wildman–Crippen LogP) is 19.7. The molecule has 0 aromatic heterocycles. The van der Waals surface area contributed by atoms with Crippen molar-refractivity contribution in [2.24, 2.45) is 0 Å². The third kappa shape index (κ3) is 7.88. The lowest BCUT2D eigenvalue weighted by Gasteiger charge is -2.30. The highest BCUT2D eigenvalue weighted by Gasteiger charge is 2.25. The standard InChI is InChI=1S/C70H52N2/c1-5-19-49(20-6-1)51-35-39-55(40-36-51)69-63-45-43-60(72(58-29-11-4-12-30-58)68-34-18-26-54-24-14-16-32-62(54)68)48-66(63)70(56-41-37-52(38-42-56)50-21-7-2-8-22-50)64-46-44-59(47-65(64)69)71(57-27-9-3-10-28-57)67-33-17-25-53-23-13-15-31-61(53)67/h1-3,5-11,13-35,37-39,41-48H,4,12,36,40H2. The van der Waals surface area contributed by atoms with E-state index in [1.165, 1.54) is 99.0 Å². The fourth-order valence-electron chi connectivity index (χ4n) is 11.3. The van der Waals surface area contributed by atoms with Crippen LogP contribution < -0.4 is 9.80 Å². The van der Waals surface area contributed by atoms with Crippen molar-refractivity contribution >= 4 is 82.7 Å². The highest BCUT2D eigenvalue weighted by atomic mass is 15.2. The Hall–Kier alpha value is -8.98. The second-order valence-corrected chi connectivity index (χ2v) is 19.0. The van der Waals surface area contributed by atoms with E-state index in [0.29, 0.717) is 0 Å². The van der Waals surface area contributed by atoms with Gasteiger partial charge in [-0.3, -0.25) is 0 Å². The molecule has 0 atom stereocenters. The maximum absolute atomic E-state index is 2.49. The Morgan fingerprint density at radius 3 is 1.43 bits per heavy atom. The van der Waals surface area contributed by atoms with Crippen molar-refractivity contribution < 1.29 is 0 Å². The minimum atomic E-state index is 0.924. The molecule has 72 heavy (non-hydrogen) atoms. The number of anilines is 5. The molecule has 11 aromatic rings. The van der Waals surface area contributed by atoms with Crippen LogP contribution in [0.4, 0.5) is 28.4 Å². The monoisotopic (exact) mass is 920 g/mol. The molecular weight excluding hydrogens is 869 g/mol. The molecule has 0 amide bonds. The molecule has 0 heterocycles. The van der Waals surface area contributed by atoms with Crippen LogP contribution >= 0.6 is 0 Å². The van der Waals surface area contributed by atoms with Crippen molar-refractivity contribution in [1.29, 1.82) is 0 Å². The average molecular weight is 921 g/mol. The van der Waals surface area contributed by atoms with Crippen molar-refractivity contribution in [2.75, 3.05) is 9.80 Å². The molecule has 0 N–H and O–H groups in total. The summed E-state index contributed by atoms with van der Waals surface area (Å²) >= 11 is 0. The van der Waals surface area contributed by atoms with Gasteiger partial charge in [0.1, 0.15) is 0 Å². The molecule has 0 bridgehead atoms. The van der Waals surface area contributed by atoms with Gasteiger partial charge in [0.15, 0.2) is 0 Å². The van der Waals surface area contributed by atoms with Crippen LogP contribution in [-0.4, -0.2) is 0 Å². The van der Waals surface area contributed by atoms with Crippen molar-refractivity contribution in [2.45, 2.75) is 25.7 Å².